The van der Waals surface area contributed by atoms with Gasteiger partial charge in [-0.2, -0.15) is 0 Å². The molecule has 1 N–H and O–H groups in total. The van der Waals surface area contributed by atoms with E-state index in [9.17, 15) is 9.59 Å². The first-order chi connectivity index (χ1) is 13.7. The Kier molecular flexibility index (Phi) is 5.55. The first-order valence-electron chi connectivity index (χ1n) is 9.98. The summed E-state index contributed by atoms with van der Waals surface area (Å²) in [6.45, 7) is 3.44. The SMILES string of the molecule is O=C(NCCN1CCCc2ccccc21)[C@H]1CC(=O)N(Cc2ccncc2)C1. The fourth-order valence-corrected chi connectivity index (χ4v) is 4.11. The van der Waals surface area contributed by atoms with E-state index in [1.165, 1.54) is 11.3 Å². The Hall–Kier alpha value is -2.89. The van der Waals surface area contributed by atoms with Crippen molar-refractivity contribution >= 4 is 17.5 Å². The van der Waals surface area contributed by atoms with Gasteiger partial charge in [0.25, 0.3) is 0 Å². The molecule has 1 atom stereocenters. The molecule has 4 rings (SSSR count). The minimum absolute atomic E-state index is 0.0177. The minimum Gasteiger partial charge on any atom is -0.370 e. The molecule has 1 aromatic heterocycles. The monoisotopic (exact) mass is 378 g/mol. The molecule has 6 heteroatoms. The summed E-state index contributed by atoms with van der Waals surface area (Å²) in [7, 11) is 0. The van der Waals surface area contributed by atoms with Crippen LogP contribution in [0.5, 0.6) is 0 Å². The summed E-state index contributed by atoms with van der Waals surface area (Å²) in [5.74, 6) is -0.235. The van der Waals surface area contributed by atoms with Crippen LogP contribution in [0.3, 0.4) is 0 Å². The Balaban J connectivity index is 1.26. The van der Waals surface area contributed by atoms with E-state index in [1.807, 2.05) is 12.1 Å². The normalized spacial score (nSPS) is 18.9. The van der Waals surface area contributed by atoms with Crippen molar-refractivity contribution in [3.05, 3.63) is 59.9 Å². The fraction of sp³-hybridized carbons (Fsp3) is 0.409. The molecule has 1 fully saturated rings. The number of fused-ring (bicyclic) bond motifs is 1. The van der Waals surface area contributed by atoms with Gasteiger partial charge in [0.15, 0.2) is 0 Å². The van der Waals surface area contributed by atoms with Crippen molar-refractivity contribution in [2.45, 2.75) is 25.8 Å². The highest BCUT2D eigenvalue weighted by Crippen LogP contribution is 2.26. The van der Waals surface area contributed by atoms with Crippen LogP contribution in [0.15, 0.2) is 48.8 Å². The smallest absolute Gasteiger partial charge is 0.225 e. The average Bonchev–Trinajstić information content (AvgIpc) is 3.09. The van der Waals surface area contributed by atoms with Crippen LogP contribution in [-0.4, -0.2) is 47.9 Å². The number of likely N-dealkylation sites (tertiary alicyclic amines) is 1. The summed E-state index contributed by atoms with van der Waals surface area (Å²) in [5, 5.41) is 3.04. The van der Waals surface area contributed by atoms with Crippen LogP contribution in [0, 0.1) is 5.92 Å². The third-order valence-corrected chi connectivity index (χ3v) is 5.60. The van der Waals surface area contributed by atoms with Crippen molar-refractivity contribution in [2.75, 3.05) is 31.1 Å². The first-order valence-corrected chi connectivity index (χ1v) is 9.98. The zero-order valence-electron chi connectivity index (χ0n) is 16.0. The number of hydrogen-bond donors (Lipinski definition) is 1. The second-order valence-electron chi connectivity index (χ2n) is 7.54. The maximum atomic E-state index is 12.6. The van der Waals surface area contributed by atoms with Crippen molar-refractivity contribution in [2.24, 2.45) is 5.92 Å². The molecule has 2 aliphatic heterocycles. The fourth-order valence-electron chi connectivity index (χ4n) is 4.11. The summed E-state index contributed by atoms with van der Waals surface area (Å²) >= 11 is 0. The molecule has 2 aromatic rings. The highest BCUT2D eigenvalue weighted by molar-refractivity contribution is 5.89. The van der Waals surface area contributed by atoms with Crippen LogP contribution in [-0.2, 0) is 22.6 Å². The van der Waals surface area contributed by atoms with Crippen molar-refractivity contribution in [3.63, 3.8) is 0 Å². The largest absolute Gasteiger partial charge is 0.370 e. The molecule has 146 valence electrons. The summed E-state index contributed by atoms with van der Waals surface area (Å²) in [6.07, 6.45) is 6.00. The van der Waals surface area contributed by atoms with Crippen LogP contribution in [0.1, 0.15) is 24.0 Å². The number of anilines is 1. The molecule has 6 nitrogen and oxygen atoms in total. The number of carbonyl (C=O) groups excluding carboxylic acids is 2. The number of pyridine rings is 1. The predicted molar refractivity (Wildman–Crippen MR) is 108 cm³/mol. The molecule has 2 aliphatic rings. The number of amides is 2. The van der Waals surface area contributed by atoms with Gasteiger partial charge >= 0.3 is 0 Å². The lowest BCUT2D eigenvalue weighted by Crippen LogP contribution is -2.40. The van der Waals surface area contributed by atoms with E-state index < -0.39 is 0 Å². The van der Waals surface area contributed by atoms with Gasteiger partial charge in [-0.25, -0.2) is 0 Å². The molecule has 1 saturated heterocycles. The number of para-hydroxylation sites is 1. The molecule has 1 aromatic carbocycles. The highest BCUT2D eigenvalue weighted by Gasteiger charge is 2.34. The second kappa shape index (κ2) is 8.42. The Bertz CT molecular complexity index is 839. The average molecular weight is 378 g/mol. The lowest BCUT2D eigenvalue weighted by Gasteiger charge is -2.31. The van der Waals surface area contributed by atoms with Crippen LogP contribution in [0.2, 0.25) is 0 Å². The number of carbonyl (C=O) groups is 2. The van der Waals surface area contributed by atoms with Gasteiger partial charge in [0.05, 0.1) is 5.92 Å². The maximum absolute atomic E-state index is 12.6. The number of aromatic nitrogens is 1. The quantitative estimate of drug-likeness (QED) is 0.835. The van der Waals surface area contributed by atoms with E-state index in [-0.39, 0.29) is 17.7 Å². The standard InChI is InChI=1S/C22H26N4O2/c27-21-14-19(16-26(21)15-17-7-9-23-10-8-17)22(28)24-11-13-25-12-3-5-18-4-1-2-6-20(18)25/h1-2,4,6-10,19H,3,5,11-16H2,(H,24,28)/t19-/m0/s1. The lowest BCUT2D eigenvalue weighted by molar-refractivity contribution is -0.129. The molecule has 28 heavy (non-hydrogen) atoms. The Morgan fingerprint density at radius 3 is 2.82 bits per heavy atom. The van der Waals surface area contributed by atoms with E-state index in [2.05, 4.69) is 39.5 Å². The number of nitrogens with zero attached hydrogens (tertiary/aromatic N) is 3. The van der Waals surface area contributed by atoms with Gasteiger partial charge in [-0.15, -0.1) is 0 Å². The Morgan fingerprint density at radius 1 is 1.14 bits per heavy atom. The van der Waals surface area contributed by atoms with Gasteiger partial charge in [-0.3, -0.25) is 14.6 Å². The zero-order chi connectivity index (χ0) is 19.3. The maximum Gasteiger partial charge on any atom is 0.225 e. The molecule has 3 heterocycles. The van der Waals surface area contributed by atoms with Crippen molar-refractivity contribution in [1.82, 2.24) is 15.2 Å². The van der Waals surface area contributed by atoms with Gasteiger partial charge in [-0.05, 0) is 42.2 Å². The molecule has 0 spiro atoms. The van der Waals surface area contributed by atoms with E-state index in [0.29, 0.717) is 26.1 Å². The predicted octanol–water partition coefficient (Wildman–Crippen LogP) is 2.00. The molecule has 2 amide bonds. The van der Waals surface area contributed by atoms with E-state index in [4.69, 9.17) is 0 Å². The van der Waals surface area contributed by atoms with Crippen molar-refractivity contribution in [3.8, 4) is 0 Å². The first kappa shape index (κ1) is 18.5. The van der Waals surface area contributed by atoms with Gasteiger partial charge in [-0.1, -0.05) is 18.2 Å². The molecular weight excluding hydrogens is 352 g/mol. The van der Waals surface area contributed by atoms with Crippen molar-refractivity contribution in [1.29, 1.82) is 0 Å². The van der Waals surface area contributed by atoms with Gasteiger partial charge in [0, 0.05) is 57.2 Å². The molecule has 0 radical (unpaired) electrons. The number of benzene rings is 1. The zero-order valence-corrected chi connectivity index (χ0v) is 16.0. The minimum atomic E-state index is -0.261. The van der Waals surface area contributed by atoms with Crippen LogP contribution in [0.4, 0.5) is 5.69 Å². The third kappa shape index (κ3) is 4.16. The topological polar surface area (TPSA) is 65.5 Å². The van der Waals surface area contributed by atoms with Gasteiger partial charge < -0.3 is 15.1 Å². The third-order valence-electron chi connectivity index (χ3n) is 5.60. The number of aryl methyl sites for hydroxylation is 1. The van der Waals surface area contributed by atoms with Gasteiger partial charge in [0.1, 0.15) is 0 Å². The summed E-state index contributed by atoms with van der Waals surface area (Å²) < 4.78 is 0. The van der Waals surface area contributed by atoms with Crippen molar-refractivity contribution < 1.29 is 9.59 Å². The van der Waals surface area contributed by atoms with Gasteiger partial charge in [0.2, 0.25) is 11.8 Å². The summed E-state index contributed by atoms with van der Waals surface area (Å²) in [4.78, 5) is 32.9. The second-order valence-corrected chi connectivity index (χ2v) is 7.54. The summed E-state index contributed by atoms with van der Waals surface area (Å²) in [6, 6.07) is 12.3. The molecular formula is C22H26N4O2. The highest BCUT2D eigenvalue weighted by atomic mass is 16.2. The van der Waals surface area contributed by atoms with Crippen LogP contribution >= 0.6 is 0 Å². The van der Waals surface area contributed by atoms with E-state index in [0.717, 1.165) is 31.5 Å². The summed E-state index contributed by atoms with van der Waals surface area (Å²) in [5.41, 5.74) is 3.70. The molecule has 0 bridgehead atoms. The number of rotatable bonds is 6. The van der Waals surface area contributed by atoms with Crippen LogP contribution < -0.4 is 10.2 Å². The van der Waals surface area contributed by atoms with Crippen LogP contribution in [0.25, 0.3) is 0 Å². The van der Waals surface area contributed by atoms with E-state index in [1.54, 1.807) is 17.3 Å². The molecule has 0 saturated carbocycles. The molecule has 0 unspecified atom stereocenters. The number of nitrogens with one attached hydrogen (secondary N) is 1. The molecule has 0 aliphatic carbocycles. The number of hydrogen-bond acceptors (Lipinski definition) is 4. The van der Waals surface area contributed by atoms with E-state index >= 15 is 0 Å². The lowest BCUT2D eigenvalue weighted by atomic mass is 10.0. The Morgan fingerprint density at radius 2 is 1.96 bits per heavy atom. The Labute approximate surface area is 165 Å².